The van der Waals surface area contributed by atoms with E-state index in [9.17, 15) is 9.90 Å². The number of piperidine rings is 1. The summed E-state index contributed by atoms with van der Waals surface area (Å²) in [7, 11) is 0. The van der Waals surface area contributed by atoms with E-state index < -0.39 is 11.2 Å². The minimum Gasteiger partial charge on any atom is -0.444 e. The van der Waals surface area contributed by atoms with Crippen molar-refractivity contribution in [3.63, 3.8) is 0 Å². The van der Waals surface area contributed by atoms with Gasteiger partial charge >= 0.3 is 6.09 Å². The summed E-state index contributed by atoms with van der Waals surface area (Å²) in [6.07, 6.45) is -0.304. The average Bonchev–Trinajstić information content (AvgIpc) is 2.43. The van der Waals surface area contributed by atoms with Gasteiger partial charge in [-0.3, -0.25) is 0 Å². The van der Waals surface area contributed by atoms with Crippen LogP contribution < -0.4 is 0 Å². The molecule has 1 heterocycles. The zero-order valence-electron chi connectivity index (χ0n) is 14.2. The monoisotopic (exact) mass is 305 g/mol. The van der Waals surface area contributed by atoms with E-state index in [1.807, 2.05) is 65.0 Å². The van der Waals surface area contributed by atoms with Gasteiger partial charge < -0.3 is 14.7 Å². The van der Waals surface area contributed by atoms with Gasteiger partial charge in [0.15, 0.2) is 0 Å². The Morgan fingerprint density at radius 2 is 1.68 bits per heavy atom. The molecular weight excluding hydrogens is 278 g/mol. The van der Waals surface area contributed by atoms with Crippen LogP contribution in [0.5, 0.6) is 0 Å². The van der Waals surface area contributed by atoms with Gasteiger partial charge in [0.1, 0.15) is 5.60 Å². The third-order valence-corrected chi connectivity index (χ3v) is 4.38. The van der Waals surface area contributed by atoms with Gasteiger partial charge in [-0.05, 0) is 26.3 Å². The molecule has 4 heteroatoms. The van der Waals surface area contributed by atoms with Crippen LogP contribution in [0.4, 0.5) is 4.79 Å². The van der Waals surface area contributed by atoms with E-state index in [1.54, 1.807) is 4.90 Å². The molecule has 1 aromatic rings. The van der Waals surface area contributed by atoms with Crippen molar-refractivity contribution in [2.45, 2.75) is 45.8 Å². The largest absolute Gasteiger partial charge is 0.444 e. The van der Waals surface area contributed by atoms with E-state index in [1.165, 1.54) is 0 Å². The maximum Gasteiger partial charge on any atom is 0.410 e. The first kappa shape index (κ1) is 16.8. The standard InChI is InChI=1S/C18H27NO3/c1-13-11-19(16(20)22-17(3,4)5)12-14(2)18(13,21)15-9-7-6-8-10-15/h6-10,13-14,21H,11-12H2,1-5H3/t13-,14+,18?. The molecule has 1 amide bonds. The maximum atomic E-state index is 12.3. The van der Waals surface area contributed by atoms with Crippen molar-refractivity contribution in [2.24, 2.45) is 11.8 Å². The lowest BCUT2D eigenvalue weighted by Gasteiger charge is -2.48. The van der Waals surface area contributed by atoms with Gasteiger partial charge in [0.05, 0.1) is 5.60 Å². The SMILES string of the molecule is C[C@@H]1CN(C(=O)OC(C)(C)C)C[C@H](C)C1(O)c1ccccc1. The number of nitrogens with zero attached hydrogens (tertiary/aromatic N) is 1. The fraction of sp³-hybridized carbons (Fsp3) is 0.611. The van der Waals surface area contributed by atoms with Crippen LogP contribution in [0.2, 0.25) is 0 Å². The van der Waals surface area contributed by atoms with Crippen LogP contribution in [-0.4, -0.2) is 34.8 Å². The molecule has 22 heavy (non-hydrogen) atoms. The molecule has 1 aliphatic rings. The summed E-state index contributed by atoms with van der Waals surface area (Å²) in [5.41, 5.74) is -0.505. The van der Waals surface area contributed by atoms with Crippen LogP contribution in [0.25, 0.3) is 0 Å². The Hall–Kier alpha value is -1.55. The third-order valence-electron chi connectivity index (χ3n) is 4.38. The van der Waals surface area contributed by atoms with Crippen LogP contribution in [0, 0.1) is 11.8 Å². The van der Waals surface area contributed by atoms with Crippen LogP contribution >= 0.6 is 0 Å². The van der Waals surface area contributed by atoms with E-state index in [2.05, 4.69) is 0 Å². The maximum absolute atomic E-state index is 12.3. The normalized spacial score (nSPS) is 29.3. The van der Waals surface area contributed by atoms with Crippen molar-refractivity contribution in [3.8, 4) is 0 Å². The molecule has 0 aromatic heterocycles. The second-order valence-corrected chi connectivity index (χ2v) is 7.38. The average molecular weight is 305 g/mol. The van der Waals surface area contributed by atoms with Crippen LogP contribution in [0.1, 0.15) is 40.2 Å². The highest BCUT2D eigenvalue weighted by atomic mass is 16.6. The minimum absolute atomic E-state index is 0.0637. The van der Waals surface area contributed by atoms with Crippen LogP contribution in [-0.2, 0) is 10.3 Å². The van der Waals surface area contributed by atoms with Crippen molar-refractivity contribution in [1.29, 1.82) is 0 Å². The molecule has 0 saturated carbocycles. The van der Waals surface area contributed by atoms with Gasteiger partial charge in [-0.25, -0.2) is 4.79 Å². The Labute approximate surface area is 133 Å². The molecule has 1 saturated heterocycles. The zero-order chi connectivity index (χ0) is 16.5. The highest BCUT2D eigenvalue weighted by Gasteiger charge is 2.47. The fourth-order valence-corrected chi connectivity index (χ4v) is 3.25. The smallest absolute Gasteiger partial charge is 0.410 e. The van der Waals surface area contributed by atoms with Gasteiger partial charge in [-0.1, -0.05) is 44.2 Å². The quantitative estimate of drug-likeness (QED) is 0.865. The molecule has 1 aromatic carbocycles. The summed E-state index contributed by atoms with van der Waals surface area (Å²) in [6, 6.07) is 9.73. The third kappa shape index (κ3) is 3.27. The lowest BCUT2D eigenvalue weighted by molar-refractivity contribution is -0.111. The van der Waals surface area contributed by atoms with E-state index in [0.29, 0.717) is 13.1 Å². The molecule has 0 bridgehead atoms. The molecule has 1 fully saturated rings. The molecule has 0 radical (unpaired) electrons. The molecule has 2 rings (SSSR count). The number of carbonyl (C=O) groups is 1. The predicted octanol–water partition coefficient (Wildman–Crippen LogP) is 3.40. The van der Waals surface area contributed by atoms with Crippen LogP contribution in [0.15, 0.2) is 30.3 Å². The summed E-state index contributed by atoms with van der Waals surface area (Å²) in [5, 5.41) is 11.2. The number of likely N-dealkylation sites (tertiary alicyclic amines) is 1. The highest BCUT2D eigenvalue weighted by molar-refractivity contribution is 5.68. The molecule has 0 aliphatic carbocycles. The number of hydrogen-bond acceptors (Lipinski definition) is 3. The fourth-order valence-electron chi connectivity index (χ4n) is 3.25. The number of aliphatic hydroxyl groups is 1. The van der Waals surface area contributed by atoms with E-state index in [4.69, 9.17) is 4.74 Å². The summed E-state index contributed by atoms with van der Waals surface area (Å²) >= 11 is 0. The second-order valence-electron chi connectivity index (χ2n) is 7.38. The number of amides is 1. The van der Waals surface area contributed by atoms with Gasteiger partial charge in [0, 0.05) is 24.9 Å². The molecule has 0 spiro atoms. The number of carbonyl (C=O) groups excluding carboxylic acids is 1. The van der Waals surface area contributed by atoms with Crippen LogP contribution in [0.3, 0.4) is 0 Å². The van der Waals surface area contributed by atoms with E-state index >= 15 is 0 Å². The summed E-state index contributed by atoms with van der Waals surface area (Å²) in [4.78, 5) is 14.0. The molecule has 122 valence electrons. The van der Waals surface area contributed by atoms with Gasteiger partial charge in [0.25, 0.3) is 0 Å². The lowest BCUT2D eigenvalue weighted by atomic mass is 9.71. The summed E-state index contributed by atoms with van der Waals surface area (Å²) in [5.74, 6) is -0.127. The lowest BCUT2D eigenvalue weighted by Crippen LogP contribution is -2.56. The Balaban J connectivity index is 2.17. The number of benzene rings is 1. The van der Waals surface area contributed by atoms with E-state index in [0.717, 1.165) is 5.56 Å². The topological polar surface area (TPSA) is 49.8 Å². The minimum atomic E-state index is -0.917. The molecule has 1 aliphatic heterocycles. The molecule has 4 nitrogen and oxygen atoms in total. The van der Waals surface area contributed by atoms with Gasteiger partial charge in [-0.2, -0.15) is 0 Å². The van der Waals surface area contributed by atoms with Crippen molar-refractivity contribution in [3.05, 3.63) is 35.9 Å². The number of rotatable bonds is 1. The van der Waals surface area contributed by atoms with Gasteiger partial charge in [0.2, 0.25) is 0 Å². The Kier molecular flexibility index (Phi) is 4.52. The first-order valence-electron chi connectivity index (χ1n) is 7.90. The van der Waals surface area contributed by atoms with Crippen molar-refractivity contribution in [2.75, 3.05) is 13.1 Å². The Morgan fingerprint density at radius 3 is 2.14 bits per heavy atom. The highest BCUT2D eigenvalue weighted by Crippen LogP contribution is 2.41. The van der Waals surface area contributed by atoms with Gasteiger partial charge in [-0.15, -0.1) is 0 Å². The van der Waals surface area contributed by atoms with Crippen molar-refractivity contribution >= 4 is 6.09 Å². The zero-order valence-corrected chi connectivity index (χ0v) is 14.2. The molecule has 1 unspecified atom stereocenters. The molecule has 1 N–H and O–H groups in total. The van der Waals surface area contributed by atoms with E-state index in [-0.39, 0.29) is 17.9 Å². The van der Waals surface area contributed by atoms with Crippen molar-refractivity contribution in [1.82, 2.24) is 4.90 Å². The summed E-state index contributed by atoms with van der Waals surface area (Å²) < 4.78 is 5.45. The molecular formula is C18H27NO3. The molecule has 3 atom stereocenters. The number of hydrogen-bond donors (Lipinski definition) is 1. The predicted molar refractivity (Wildman–Crippen MR) is 86.5 cm³/mol. The Morgan fingerprint density at radius 1 is 1.18 bits per heavy atom. The van der Waals surface area contributed by atoms with Crippen molar-refractivity contribution < 1.29 is 14.6 Å². The first-order valence-corrected chi connectivity index (χ1v) is 7.90. The Bertz CT molecular complexity index is 509. The summed E-state index contributed by atoms with van der Waals surface area (Å²) in [6.45, 7) is 10.5. The second kappa shape index (κ2) is 5.92. The number of ether oxygens (including phenoxy) is 1. The first-order chi connectivity index (χ1) is 10.1.